The highest BCUT2D eigenvalue weighted by Crippen LogP contribution is 2.44. The number of Topliss-reactive ketones (excluding diaryl/α,β-unsaturated/α-hetero) is 1. The van der Waals surface area contributed by atoms with Crippen LogP contribution in [0.4, 0.5) is 10.8 Å². The second-order valence-electron chi connectivity index (χ2n) is 7.56. The number of methoxy groups -OCH3 is 1. The van der Waals surface area contributed by atoms with Gasteiger partial charge in [0.25, 0.3) is 11.5 Å². The van der Waals surface area contributed by atoms with Gasteiger partial charge in [0, 0.05) is 23.9 Å². The third kappa shape index (κ3) is 3.77. The van der Waals surface area contributed by atoms with Gasteiger partial charge in [0.1, 0.15) is 17.6 Å². The van der Waals surface area contributed by atoms with E-state index in [0.717, 1.165) is 11.3 Å². The van der Waals surface area contributed by atoms with E-state index in [1.54, 1.807) is 42.5 Å². The third-order valence-corrected chi connectivity index (χ3v) is 6.57. The molecule has 1 N–H and O–H groups in total. The van der Waals surface area contributed by atoms with Crippen molar-refractivity contribution in [3.05, 3.63) is 93.8 Å². The molecule has 0 radical (unpaired) electrons. The predicted octanol–water partition coefficient (Wildman–Crippen LogP) is 4.23. The Morgan fingerprint density at radius 2 is 1.91 bits per heavy atom. The van der Waals surface area contributed by atoms with Crippen LogP contribution in [0.3, 0.4) is 0 Å². The Hall–Kier alpha value is -4.64. The van der Waals surface area contributed by atoms with Gasteiger partial charge in [-0.1, -0.05) is 17.4 Å². The zero-order chi connectivity index (χ0) is 24.7. The zero-order valence-electron chi connectivity index (χ0n) is 18.1. The number of benzene rings is 2. The van der Waals surface area contributed by atoms with Crippen LogP contribution in [0, 0.1) is 10.1 Å². The van der Waals surface area contributed by atoms with Gasteiger partial charge in [0.15, 0.2) is 5.13 Å². The summed E-state index contributed by atoms with van der Waals surface area (Å²) in [5.74, 6) is -1.57. The van der Waals surface area contributed by atoms with Crippen LogP contribution in [0.15, 0.2) is 72.4 Å². The summed E-state index contributed by atoms with van der Waals surface area (Å²) < 4.78 is 5.62. The molecule has 3 heterocycles. The number of rotatable bonds is 5. The number of nitro groups is 1. The number of hydrogen-bond acceptors (Lipinski definition) is 9. The second kappa shape index (κ2) is 8.61. The number of fused-ring (bicyclic) bond motifs is 1. The Kier molecular flexibility index (Phi) is 5.46. The molecule has 2 aromatic carbocycles. The maximum absolute atomic E-state index is 13.2. The Morgan fingerprint density at radius 1 is 1.14 bits per heavy atom. The molecule has 1 atom stereocenters. The van der Waals surface area contributed by atoms with E-state index in [0.29, 0.717) is 27.2 Å². The lowest BCUT2D eigenvalue weighted by Crippen LogP contribution is -2.29. The van der Waals surface area contributed by atoms with Crippen molar-refractivity contribution >= 4 is 49.8 Å². The van der Waals surface area contributed by atoms with Crippen LogP contribution in [0.25, 0.3) is 16.0 Å². The van der Waals surface area contributed by atoms with Crippen LogP contribution in [-0.2, 0) is 9.59 Å². The molecule has 10 nitrogen and oxygen atoms in total. The third-order valence-electron chi connectivity index (χ3n) is 5.55. The number of pyridine rings is 1. The van der Waals surface area contributed by atoms with E-state index in [1.165, 1.54) is 36.4 Å². The summed E-state index contributed by atoms with van der Waals surface area (Å²) in [7, 11) is 1.51. The van der Waals surface area contributed by atoms with Gasteiger partial charge in [-0.15, -0.1) is 0 Å². The molecule has 1 saturated heterocycles. The molecule has 5 rings (SSSR count). The molecule has 35 heavy (non-hydrogen) atoms. The number of aliphatic hydroxyl groups excluding tert-OH is 1. The smallest absolute Gasteiger partial charge is 0.301 e. The number of ether oxygens (including phenoxy) is 1. The number of aliphatic hydroxyl groups is 1. The zero-order valence-corrected chi connectivity index (χ0v) is 18.9. The van der Waals surface area contributed by atoms with Crippen LogP contribution in [-0.4, -0.2) is 38.8 Å². The number of nitrogens with zero attached hydrogens (tertiary/aromatic N) is 4. The van der Waals surface area contributed by atoms with Crippen LogP contribution >= 0.6 is 11.3 Å². The number of thiazole rings is 1. The Bertz CT molecular complexity index is 1510. The van der Waals surface area contributed by atoms with Crippen LogP contribution in [0.2, 0.25) is 0 Å². The number of amides is 1. The minimum atomic E-state index is -1.05. The van der Waals surface area contributed by atoms with Crippen LogP contribution in [0.1, 0.15) is 17.3 Å². The number of anilines is 1. The molecular weight excluding hydrogens is 472 g/mol. The lowest BCUT2D eigenvalue weighted by atomic mass is 9.98. The summed E-state index contributed by atoms with van der Waals surface area (Å²) in [6.45, 7) is 0. The van der Waals surface area contributed by atoms with Gasteiger partial charge < -0.3 is 9.84 Å². The highest BCUT2D eigenvalue weighted by Gasteiger charge is 2.48. The van der Waals surface area contributed by atoms with Crippen molar-refractivity contribution in [3.8, 4) is 5.75 Å². The van der Waals surface area contributed by atoms with E-state index in [4.69, 9.17) is 4.74 Å². The molecule has 0 saturated carbocycles. The molecule has 1 aliphatic heterocycles. The predicted molar refractivity (Wildman–Crippen MR) is 128 cm³/mol. The van der Waals surface area contributed by atoms with Crippen molar-refractivity contribution in [2.45, 2.75) is 6.04 Å². The van der Waals surface area contributed by atoms with Gasteiger partial charge in [-0.2, -0.15) is 0 Å². The van der Waals surface area contributed by atoms with Crippen molar-refractivity contribution in [1.29, 1.82) is 0 Å². The topological polar surface area (TPSA) is 136 Å². The van der Waals surface area contributed by atoms with E-state index >= 15 is 0 Å². The SMILES string of the molecule is COc1ccc(/C(O)=C2\C(=O)C(=O)N(c3nc4ccc([N+](=O)[O-])cc4s3)C2c2ccccn2)cc1. The summed E-state index contributed by atoms with van der Waals surface area (Å²) in [5.41, 5.74) is 0.865. The van der Waals surface area contributed by atoms with Crippen molar-refractivity contribution in [2.24, 2.45) is 0 Å². The number of aromatic nitrogens is 2. The van der Waals surface area contributed by atoms with E-state index < -0.39 is 22.7 Å². The minimum absolute atomic E-state index is 0.115. The van der Waals surface area contributed by atoms with E-state index in [1.807, 2.05) is 0 Å². The molecule has 174 valence electrons. The molecule has 1 fully saturated rings. The number of nitro benzene ring substituents is 1. The van der Waals surface area contributed by atoms with E-state index in [2.05, 4.69) is 9.97 Å². The average Bonchev–Trinajstić information content (AvgIpc) is 3.41. The monoisotopic (exact) mass is 488 g/mol. The normalized spacial score (nSPS) is 17.2. The number of carbonyl (C=O) groups is 2. The van der Waals surface area contributed by atoms with E-state index in [9.17, 15) is 24.8 Å². The molecular formula is C24H16N4O6S. The van der Waals surface area contributed by atoms with Gasteiger partial charge in [-0.3, -0.25) is 29.6 Å². The summed E-state index contributed by atoms with van der Waals surface area (Å²) in [6, 6.07) is 14.6. The second-order valence-corrected chi connectivity index (χ2v) is 8.57. The lowest BCUT2D eigenvalue weighted by molar-refractivity contribution is -0.384. The summed E-state index contributed by atoms with van der Waals surface area (Å²) >= 11 is 1.03. The van der Waals surface area contributed by atoms with Gasteiger partial charge >= 0.3 is 5.91 Å². The van der Waals surface area contributed by atoms with Gasteiger partial charge in [0.2, 0.25) is 0 Å². The first-order valence-corrected chi connectivity index (χ1v) is 11.1. The first-order chi connectivity index (χ1) is 16.9. The van der Waals surface area contributed by atoms with Crippen molar-refractivity contribution < 1.29 is 24.4 Å². The van der Waals surface area contributed by atoms with Crippen LogP contribution in [0.5, 0.6) is 5.75 Å². The van der Waals surface area contributed by atoms with Crippen LogP contribution < -0.4 is 9.64 Å². The Balaban J connectivity index is 1.69. The molecule has 1 aliphatic rings. The van der Waals surface area contributed by atoms with Crippen molar-refractivity contribution in [1.82, 2.24) is 9.97 Å². The fourth-order valence-corrected chi connectivity index (χ4v) is 4.89. The first kappa shape index (κ1) is 22.2. The van der Waals surface area contributed by atoms with Crippen molar-refractivity contribution in [2.75, 3.05) is 12.0 Å². The number of ketones is 1. The molecule has 0 spiro atoms. The average molecular weight is 488 g/mol. The van der Waals surface area contributed by atoms with Gasteiger partial charge in [-0.25, -0.2) is 4.98 Å². The molecule has 0 aliphatic carbocycles. The summed E-state index contributed by atoms with van der Waals surface area (Å²) in [6.07, 6.45) is 1.52. The Morgan fingerprint density at radius 3 is 2.57 bits per heavy atom. The number of hydrogen-bond donors (Lipinski definition) is 1. The standard InChI is InChI=1S/C24H16N4O6S/c1-34-15-8-5-13(6-9-15)21(29)19-20(17-4-2-3-11-25-17)27(23(31)22(19)30)24-26-16-10-7-14(28(32)33)12-18(16)35-24/h2-12,20,29H,1H3/b21-19+. The molecule has 2 aromatic heterocycles. The maximum Gasteiger partial charge on any atom is 0.301 e. The summed E-state index contributed by atoms with van der Waals surface area (Å²) in [4.78, 5) is 47.0. The fraction of sp³-hybridized carbons (Fsp3) is 0.0833. The van der Waals surface area contributed by atoms with Crippen molar-refractivity contribution in [3.63, 3.8) is 0 Å². The molecule has 11 heteroatoms. The highest BCUT2D eigenvalue weighted by molar-refractivity contribution is 7.22. The fourth-order valence-electron chi connectivity index (χ4n) is 3.87. The highest BCUT2D eigenvalue weighted by atomic mass is 32.1. The molecule has 0 bridgehead atoms. The van der Waals surface area contributed by atoms with Gasteiger partial charge in [-0.05, 0) is 42.5 Å². The molecule has 1 unspecified atom stereocenters. The van der Waals surface area contributed by atoms with Gasteiger partial charge in [0.05, 0.1) is 33.5 Å². The first-order valence-electron chi connectivity index (χ1n) is 10.3. The quantitative estimate of drug-likeness (QED) is 0.145. The maximum atomic E-state index is 13.2. The molecule has 1 amide bonds. The number of non-ortho nitro benzene ring substituents is 1. The molecule has 4 aromatic rings. The largest absolute Gasteiger partial charge is 0.507 e. The Labute approximate surface area is 201 Å². The minimum Gasteiger partial charge on any atom is -0.507 e. The number of carbonyl (C=O) groups excluding carboxylic acids is 2. The van der Waals surface area contributed by atoms with E-state index in [-0.39, 0.29) is 22.2 Å². The lowest BCUT2D eigenvalue weighted by Gasteiger charge is -2.21. The summed E-state index contributed by atoms with van der Waals surface area (Å²) in [5, 5.41) is 22.4.